The first-order valence-corrected chi connectivity index (χ1v) is 8.64. The lowest BCUT2D eigenvalue weighted by Crippen LogP contribution is -2.14. The van der Waals surface area contributed by atoms with Crippen molar-refractivity contribution in [3.8, 4) is 5.75 Å². The molecule has 0 bridgehead atoms. The number of nitrogens with one attached hydrogen (secondary N) is 1. The van der Waals surface area contributed by atoms with E-state index in [4.69, 9.17) is 16.3 Å². The second kappa shape index (κ2) is 6.64. The summed E-state index contributed by atoms with van der Waals surface area (Å²) < 4.78 is 33.0. The summed E-state index contributed by atoms with van der Waals surface area (Å²) in [6, 6.07) is 8.06. The molecule has 0 saturated heterocycles. The summed E-state index contributed by atoms with van der Waals surface area (Å²) in [5.41, 5.74) is 0.386. The maximum Gasteiger partial charge on any atom is 0.265 e. The highest BCUT2D eigenvalue weighted by Crippen LogP contribution is 2.26. The molecule has 0 atom stereocenters. The highest BCUT2D eigenvalue weighted by atomic mass is 79.9. The van der Waals surface area contributed by atoms with Crippen LogP contribution in [0.4, 0.5) is 5.69 Å². The van der Waals surface area contributed by atoms with E-state index in [1.54, 1.807) is 24.3 Å². The molecule has 0 radical (unpaired) electrons. The van der Waals surface area contributed by atoms with Gasteiger partial charge in [0.25, 0.3) is 10.0 Å². The fourth-order valence-corrected chi connectivity index (χ4v) is 3.61. The normalized spacial score (nSPS) is 11.2. The van der Waals surface area contributed by atoms with Gasteiger partial charge in [-0.05, 0) is 41.1 Å². The van der Waals surface area contributed by atoms with E-state index in [2.05, 4.69) is 25.6 Å². The van der Waals surface area contributed by atoms with Gasteiger partial charge in [0.1, 0.15) is 15.8 Å². The molecular formula is C13H12BrClN2O3S. The van der Waals surface area contributed by atoms with Crippen molar-refractivity contribution in [3.63, 3.8) is 0 Å². The van der Waals surface area contributed by atoms with E-state index in [0.29, 0.717) is 22.5 Å². The largest absolute Gasteiger partial charge is 0.494 e. The SMILES string of the molecule is CCOc1cccc(NS(=O)(=O)c2cc(Br)cnc2Cl)c1. The number of aromatic nitrogens is 1. The van der Waals surface area contributed by atoms with Gasteiger partial charge in [-0.25, -0.2) is 13.4 Å². The molecule has 0 spiro atoms. The van der Waals surface area contributed by atoms with Crippen LogP contribution in [0.1, 0.15) is 6.92 Å². The molecular weight excluding hydrogens is 380 g/mol. The Hall–Kier alpha value is -1.31. The Kier molecular flexibility index (Phi) is 5.08. The van der Waals surface area contributed by atoms with Crippen LogP contribution < -0.4 is 9.46 Å². The van der Waals surface area contributed by atoms with Crippen LogP contribution in [0.15, 0.2) is 45.9 Å². The van der Waals surface area contributed by atoms with Gasteiger partial charge in [-0.15, -0.1) is 0 Å². The average Bonchev–Trinajstić information content (AvgIpc) is 2.42. The zero-order chi connectivity index (χ0) is 15.5. The molecule has 21 heavy (non-hydrogen) atoms. The van der Waals surface area contributed by atoms with Crippen LogP contribution in [-0.4, -0.2) is 20.0 Å². The van der Waals surface area contributed by atoms with E-state index >= 15 is 0 Å². The lowest BCUT2D eigenvalue weighted by atomic mass is 10.3. The fourth-order valence-electron chi connectivity index (χ4n) is 1.62. The zero-order valence-corrected chi connectivity index (χ0v) is 14.2. The van der Waals surface area contributed by atoms with E-state index in [0.717, 1.165) is 0 Å². The number of sulfonamides is 1. The van der Waals surface area contributed by atoms with Crippen LogP contribution in [-0.2, 0) is 10.0 Å². The van der Waals surface area contributed by atoms with Crippen molar-refractivity contribution in [2.75, 3.05) is 11.3 Å². The Morgan fingerprint density at radius 1 is 1.38 bits per heavy atom. The zero-order valence-electron chi connectivity index (χ0n) is 11.0. The van der Waals surface area contributed by atoms with E-state index in [1.807, 2.05) is 6.92 Å². The highest BCUT2D eigenvalue weighted by molar-refractivity contribution is 9.10. The maximum absolute atomic E-state index is 12.3. The summed E-state index contributed by atoms with van der Waals surface area (Å²) in [4.78, 5) is 3.71. The van der Waals surface area contributed by atoms with Gasteiger partial charge in [0, 0.05) is 16.7 Å². The van der Waals surface area contributed by atoms with E-state index in [-0.39, 0.29) is 10.0 Å². The minimum atomic E-state index is -3.83. The van der Waals surface area contributed by atoms with Gasteiger partial charge in [0.2, 0.25) is 0 Å². The number of hydrogen-bond acceptors (Lipinski definition) is 4. The quantitative estimate of drug-likeness (QED) is 0.789. The predicted molar refractivity (Wildman–Crippen MR) is 85.4 cm³/mol. The molecule has 2 rings (SSSR count). The first-order chi connectivity index (χ1) is 9.92. The molecule has 1 aromatic carbocycles. The van der Waals surface area contributed by atoms with Gasteiger partial charge >= 0.3 is 0 Å². The molecule has 8 heteroatoms. The number of ether oxygens (including phenoxy) is 1. The summed E-state index contributed by atoms with van der Waals surface area (Å²) in [7, 11) is -3.83. The predicted octanol–water partition coefficient (Wildman–Crippen LogP) is 3.70. The van der Waals surface area contributed by atoms with Crippen molar-refractivity contribution in [2.45, 2.75) is 11.8 Å². The van der Waals surface area contributed by atoms with Crippen LogP contribution in [0.5, 0.6) is 5.75 Å². The molecule has 0 saturated carbocycles. The van der Waals surface area contributed by atoms with Gasteiger partial charge in [0.15, 0.2) is 0 Å². The summed E-state index contributed by atoms with van der Waals surface area (Å²) in [6.45, 7) is 2.35. The molecule has 1 aromatic heterocycles. The van der Waals surface area contributed by atoms with Crippen molar-refractivity contribution in [2.24, 2.45) is 0 Å². The summed E-state index contributed by atoms with van der Waals surface area (Å²) in [6.07, 6.45) is 1.43. The molecule has 0 aliphatic rings. The Morgan fingerprint density at radius 3 is 2.86 bits per heavy atom. The molecule has 1 heterocycles. The Morgan fingerprint density at radius 2 is 2.14 bits per heavy atom. The standard InChI is InChI=1S/C13H12BrClN2O3S/c1-2-20-11-5-3-4-10(7-11)17-21(18,19)12-6-9(14)8-16-13(12)15/h3-8,17H,2H2,1H3. The number of pyridine rings is 1. The van der Waals surface area contributed by atoms with Gasteiger partial charge < -0.3 is 4.74 Å². The molecule has 5 nitrogen and oxygen atoms in total. The topological polar surface area (TPSA) is 68.3 Å². The first-order valence-electron chi connectivity index (χ1n) is 5.99. The Labute approximate surface area is 136 Å². The minimum absolute atomic E-state index is 0.0911. The van der Waals surface area contributed by atoms with Gasteiger partial charge in [0.05, 0.1) is 12.3 Å². The summed E-state index contributed by atoms with van der Waals surface area (Å²) in [5, 5.41) is -0.0911. The molecule has 0 amide bonds. The summed E-state index contributed by atoms with van der Waals surface area (Å²) >= 11 is 9.03. The lowest BCUT2D eigenvalue weighted by Gasteiger charge is -2.10. The third-order valence-electron chi connectivity index (χ3n) is 2.46. The molecule has 112 valence electrons. The fraction of sp³-hybridized carbons (Fsp3) is 0.154. The number of anilines is 1. The molecule has 0 aliphatic heterocycles. The first kappa shape index (κ1) is 16.1. The smallest absolute Gasteiger partial charge is 0.265 e. The molecule has 2 aromatic rings. The second-order valence-electron chi connectivity index (χ2n) is 4.01. The van der Waals surface area contributed by atoms with E-state index in [9.17, 15) is 8.42 Å². The average molecular weight is 392 g/mol. The molecule has 0 fully saturated rings. The Balaban J connectivity index is 2.33. The number of hydrogen-bond donors (Lipinski definition) is 1. The van der Waals surface area contributed by atoms with Gasteiger partial charge in [-0.3, -0.25) is 4.72 Å². The number of benzene rings is 1. The molecule has 0 aliphatic carbocycles. The van der Waals surface area contributed by atoms with Gasteiger partial charge in [-0.1, -0.05) is 17.7 Å². The van der Waals surface area contributed by atoms with Crippen molar-refractivity contribution in [3.05, 3.63) is 46.2 Å². The van der Waals surface area contributed by atoms with Crippen LogP contribution in [0.3, 0.4) is 0 Å². The third-order valence-corrected chi connectivity index (χ3v) is 4.70. The van der Waals surface area contributed by atoms with Crippen molar-refractivity contribution < 1.29 is 13.2 Å². The highest BCUT2D eigenvalue weighted by Gasteiger charge is 2.19. The minimum Gasteiger partial charge on any atom is -0.494 e. The monoisotopic (exact) mass is 390 g/mol. The van der Waals surface area contributed by atoms with Crippen LogP contribution in [0.25, 0.3) is 0 Å². The Bertz CT molecular complexity index is 753. The summed E-state index contributed by atoms with van der Waals surface area (Å²) in [5.74, 6) is 0.580. The molecule has 0 unspecified atom stereocenters. The van der Waals surface area contributed by atoms with Crippen molar-refractivity contribution in [1.82, 2.24) is 4.98 Å². The van der Waals surface area contributed by atoms with Crippen LogP contribution in [0.2, 0.25) is 5.15 Å². The maximum atomic E-state index is 12.3. The van der Waals surface area contributed by atoms with E-state index in [1.165, 1.54) is 12.3 Å². The van der Waals surface area contributed by atoms with E-state index < -0.39 is 10.0 Å². The van der Waals surface area contributed by atoms with Crippen molar-refractivity contribution in [1.29, 1.82) is 0 Å². The number of halogens is 2. The van der Waals surface area contributed by atoms with Crippen LogP contribution in [0, 0.1) is 0 Å². The third kappa shape index (κ3) is 4.09. The van der Waals surface area contributed by atoms with Crippen LogP contribution >= 0.6 is 27.5 Å². The number of nitrogens with zero attached hydrogens (tertiary/aromatic N) is 1. The second-order valence-corrected chi connectivity index (χ2v) is 6.93. The molecule has 1 N–H and O–H groups in total. The number of rotatable bonds is 5. The van der Waals surface area contributed by atoms with Gasteiger partial charge in [-0.2, -0.15) is 0 Å². The van der Waals surface area contributed by atoms with Crippen molar-refractivity contribution >= 4 is 43.2 Å². The lowest BCUT2D eigenvalue weighted by molar-refractivity contribution is 0.340.